The van der Waals surface area contributed by atoms with Gasteiger partial charge < -0.3 is 5.32 Å². The van der Waals surface area contributed by atoms with Crippen LogP contribution < -0.4 is 10.5 Å². The number of nitrogens with one attached hydrogen (secondary N) is 2. The summed E-state index contributed by atoms with van der Waals surface area (Å²) >= 11 is 0. The van der Waals surface area contributed by atoms with E-state index < -0.39 is 10.2 Å². The third-order valence-corrected chi connectivity index (χ3v) is 5.45. The Labute approximate surface area is 150 Å². The van der Waals surface area contributed by atoms with Crippen LogP contribution in [0.3, 0.4) is 0 Å². The highest BCUT2D eigenvalue weighted by Crippen LogP contribution is 2.28. The van der Waals surface area contributed by atoms with E-state index >= 15 is 0 Å². The Hall–Kier alpha value is -2.75. The van der Waals surface area contributed by atoms with Gasteiger partial charge in [0.25, 0.3) is 10.2 Å². The van der Waals surface area contributed by atoms with E-state index in [-0.39, 0.29) is 25.4 Å². The van der Waals surface area contributed by atoms with Crippen molar-refractivity contribution in [1.29, 1.82) is 0 Å². The molecule has 0 aliphatic carbocycles. The number of anilines is 1. The molecule has 0 bridgehead atoms. The van der Waals surface area contributed by atoms with Gasteiger partial charge in [-0.2, -0.15) is 17.8 Å². The van der Waals surface area contributed by atoms with Gasteiger partial charge in [0.2, 0.25) is 5.91 Å². The third-order valence-electron chi connectivity index (χ3n) is 4.47. The average molecular weight is 371 g/mol. The van der Waals surface area contributed by atoms with Gasteiger partial charge >= 0.3 is 0 Å². The molecule has 0 fully saturated rings. The Balaban J connectivity index is 1.52. The fraction of sp³-hybridized carbons (Fsp3) is 0.176. The summed E-state index contributed by atoms with van der Waals surface area (Å²) in [4.78, 5) is 12.5. The Kier molecular flexibility index (Phi) is 3.98. The Morgan fingerprint density at radius 3 is 2.77 bits per heavy atom. The van der Waals surface area contributed by atoms with Crippen LogP contribution in [0.25, 0.3) is 10.8 Å². The monoisotopic (exact) mass is 371 g/mol. The molecule has 3 aromatic rings. The lowest BCUT2D eigenvalue weighted by Crippen LogP contribution is -2.32. The molecular weight excluding hydrogens is 354 g/mol. The maximum atomic E-state index is 12.5. The molecule has 9 heteroatoms. The number of benzene rings is 2. The minimum atomic E-state index is -3.79. The highest BCUT2D eigenvalue weighted by Gasteiger charge is 2.31. The molecule has 2 aromatic carbocycles. The zero-order chi connectivity index (χ0) is 18.3. The highest BCUT2D eigenvalue weighted by atomic mass is 32.2. The maximum absolute atomic E-state index is 12.5. The van der Waals surface area contributed by atoms with Gasteiger partial charge in [-0.25, -0.2) is 5.14 Å². The third kappa shape index (κ3) is 3.07. The molecule has 0 unspecified atom stereocenters. The molecule has 0 saturated carbocycles. The fourth-order valence-electron chi connectivity index (χ4n) is 3.19. The number of aromatic amines is 1. The van der Waals surface area contributed by atoms with Crippen molar-refractivity contribution < 1.29 is 13.2 Å². The summed E-state index contributed by atoms with van der Waals surface area (Å²) < 4.78 is 24.1. The molecule has 0 atom stereocenters. The molecule has 2 heterocycles. The van der Waals surface area contributed by atoms with E-state index in [1.165, 1.54) is 0 Å². The van der Waals surface area contributed by atoms with Gasteiger partial charge in [-0.15, -0.1) is 0 Å². The number of rotatable bonds is 4. The molecule has 4 rings (SSSR count). The molecule has 4 N–H and O–H groups in total. The average Bonchev–Trinajstić information content (AvgIpc) is 3.17. The van der Waals surface area contributed by atoms with Crippen molar-refractivity contribution in [3.8, 4) is 0 Å². The predicted octanol–water partition coefficient (Wildman–Crippen LogP) is 1.26. The molecule has 0 spiro atoms. The van der Waals surface area contributed by atoms with Crippen molar-refractivity contribution in [2.75, 3.05) is 5.32 Å². The SMILES string of the molecule is NS(=O)(=O)N1Cc2n[nH]c(NC(=O)Cc3cccc4ccccc34)c2C1. The summed E-state index contributed by atoms with van der Waals surface area (Å²) in [5.74, 6) is 0.207. The van der Waals surface area contributed by atoms with Crippen LogP contribution in [0.5, 0.6) is 0 Å². The second kappa shape index (κ2) is 6.20. The summed E-state index contributed by atoms with van der Waals surface area (Å²) in [5, 5.41) is 16.9. The van der Waals surface area contributed by atoms with E-state index in [1.807, 2.05) is 42.5 Å². The van der Waals surface area contributed by atoms with Crippen molar-refractivity contribution in [3.05, 3.63) is 59.3 Å². The Bertz CT molecular complexity index is 1100. The molecule has 1 amide bonds. The van der Waals surface area contributed by atoms with Crippen molar-refractivity contribution >= 4 is 32.7 Å². The van der Waals surface area contributed by atoms with Gasteiger partial charge in [-0.1, -0.05) is 42.5 Å². The van der Waals surface area contributed by atoms with E-state index in [0.29, 0.717) is 17.1 Å². The first kappa shape index (κ1) is 16.7. The van der Waals surface area contributed by atoms with Gasteiger partial charge in [-0.05, 0) is 16.3 Å². The standard InChI is InChI=1S/C17H17N5O3S/c18-26(24,25)22-9-14-15(10-22)20-21-17(14)19-16(23)8-12-6-3-5-11-4-1-2-7-13(11)12/h1-7H,8-10H2,(H2,18,24,25)(H2,19,20,21,23). The maximum Gasteiger partial charge on any atom is 0.277 e. The Morgan fingerprint density at radius 1 is 1.19 bits per heavy atom. The number of carbonyl (C=O) groups excluding carboxylic acids is 1. The number of H-pyrrole nitrogens is 1. The molecule has 0 radical (unpaired) electrons. The van der Waals surface area contributed by atoms with Crippen LogP contribution in [-0.2, 0) is 34.5 Å². The minimum Gasteiger partial charge on any atom is -0.311 e. The summed E-state index contributed by atoms with van der Waals surface area (Å²) in [7, 11) is -3.79. The molecule has 0 saturated heterocycles. The molecule has 1 aromatic heterocycles. The van der Waals surface area contributed by atoms with E-state index in [1.54, 1.807) is 0 Å². The van der Waals surface area contributed by atoms with Crippen LogP contribution in [0.4, 0.5) is 5.82 Å². The number of fused-ring (bicyclic) bond motifs is 2. The van der Waals surface area contributed by atoms with Crippen LogP contribution >= 0.6 is 0 Å². The summed E-state index contributed by atoms with van der Waals surface area (Å²) in [6.07, 6.45) is 0.202. The first-order chi connectivity index (χ1) is 12.4. The normalized spacial score (nSPS) is 14.5. The van der Waals surface area contributed by atoms with Crippen LogP contribution in [0.15, 0.2) is 42.5 Å². The summed E-state index contributed by atoms with van der Waals surface area (Å²) in [6.45, 7) is 0.193. The number of nitrogens with two attached hydrogens (primary N) is 1. The molecule has 26 heavy (non-hydrogen) atoms. The van der Waals surface area contributed by atoms with Crippen LogP contribution in [0.1, 0.15) is 16.8 Å². The molecule has 134 valence electrons. The number of hydrogen-bond donors (Lipinski definition) is 3. The number of nitrogens with zero attached hydrogens (tertiary/aromatic N) is 2. The highest BCUT2D eigenvalue weighted by molar-refractivity contribution is 7.86. The predicted molar refractivity (Wildman–Crippen MR) is 97.2 cm³/mol. The molecule has 8 nitrogen and oxygen atoms in total. The zero-order valence-corrected chi connectivity index (χ0v) is 14.6. The lowest BCUT2D eigenvalue weighted by atomic mass is 10.0. The topological polar surface area (TPSA) is 121 Å². The lowest BCUT2D eigenvalue weighted by molar-refractivity contribution is -0.115. The van der Waals surface area contributed by atoms with E-state index in [2.05, 4.69) is 15.5 Å². The Morgan fingerprint density at radius 2 is 1.96 bits per heavy atom. The van der Waals surface area contributed by atoms with Crippen LogP contribution in [0.2, 0.25) is 0 Å². The largest absolute Gasteiger partial charge is 0.311 e. The van der Waals surface area contributed by atoms with Crippen molar-refractivity contribution in [3.63, 3.8) is 0 Å². The van der Waals surface area contributed by atoms with E-state index in [4.69, 9.17) is 5.14 Å². The van der Waals surface area contributed by atoms with Crippen molar-refractivity contribution in [1.82, 2.24) is 14.5 Å². The van der Waals surface area contributed by atoms with Gasteiger partial charge in [0.1, 0.15) is 5.82 Å². The molecular formula is C17H17N5O3S. The van der Waals surface area contributed by atoms with Crippen LogP contribution in [0, 0.1) is 0 Å². The van der Waals surface area contributed by atoms with E-state index in [0.717, 1.165) is 20.6 Å². The molecule has 1 aliphatic rings. The van der Waals surface area contributed by atoms with Gasteiger partial charge in [0.15, 0.2) is 0 Å². The summed E-state index contributed by atoms with van der Waals surface area (Å²) in [6, 6.07) is 13.7. The smallest absolute Gasteiger partial charge is 0.277 e. The van der Waals surface area contributed by atoms with Gasteiger partial charge in [-0.3, -0.25) is 9.89 Å². The first-order valence-corrected chi connectivity index (χ1v) is 9.52. The number of carbonyl (C=O) groups is 1. The quantitative estimate of drug-likeness (QED) is 0.639. The van der Waals surface area contributed by atoms with Crippen molar-refractivity contribution in [2.24, 2.45) is 5.14 Å². The minimum absolute atomic E-state index is 0.0918. The number of hydrogen-bond acceptors (Lipinski definition) is 4. The second-order valence-electron chi connectivity index (χ2n) is 6.20. The van der Waals surface area contributed by atoms with Crippen molar-refractivity contribution in [2.45, 2.75) is 19.5 Å². The summed E-state index contributed by atoms with van der Waals surface area (Å²) in [5.41, 5.74) is 2.13. The zero-order valence-electron chi connectivity index (χ0n) is 13.8. The first-order valence-electron chi connectivity index (χ1n) is 8.02. The van der Waals surface area contributed by atoms with Crippen LogP contribution in [-0.4, -0.2) is 28.8 Å². The van der Waals surface area contributed by atoms with Gasteiger partial charge in [0.05, 0.1) is 18.7 Å². The second-order valence-corrected chi connectivity index (χ2v) is 7.75. The lowest BCUT2D eigenvalue weighted by Gasteiger charge is -2.11. The fourth-order valence-corrected chi connectivity index (χ4v) is 3.80. The molecule has 1 aliphatic heterocycles. The van der Waals surface area contributed by atoms with E-state index in [9.17, 15) is 13.2 Å². The van der Waals surface area contributed by atoms with Gasteiger partial charge in [0, 0.05) is 12.1 Å². The number of aromatic nitrogens is 2. The number of amides is 1.